The van der Waals surface area contributed by atoms with Crippen LogP contribution in [0.4, 0.5) is 5.69 Å². The first-order valence-electron chi connectivity index (χ1n) is 6.39. The number of anilines is 1. The summed E-state index contributed by atoms with van der Waals surface area (Å²) in [5, 5.41) is 2.75. The Morgan fingerprint density at radius 3 is 2.10 bits per heavy atom. The highest BCUT2D eigenvalue weighted by atomic mass is 16.5. The maximum absolute atomic E-state index is 12.1. The number of nitrogens with two attached hydrogens (primary N) is 1. The molecule has 0 fully saturated rings. The van der Waals surface area contributed by atoms with E-state index in [0.717, 1.165) is 5.56 Å². The van der Waals surface area contributed by atoms with Gasteiger partial charge in [-0.25, -0.2) is 0 Å². The van der Waals surface area contributed by atoms with E-state index in [1.807, 2.05) is 12.1 Å². The topological polar surface area (TPSA) is 81.4 Å². The van der Waals surface area contributed by atoms with Crippen molar-refractivity contribution in [1.29, 1.82) is 0 Å². The van der Waals surface area contributed by atoms with Crippen LogP contribution in [-0.2, 0) is 11.3 Å². The molecule has 108 valence electrons. The minimum absolute atomic E-state index is 0.217. The molecule has 0 bridgehead atoms. The van der Waals surface area contributed by atoms with E-state index in [0.29, 0.717) is 23.4 Å². The lowest BCUT2D eigenvalue weighted by molar-refractivity contribution is 0.0998. The summed E-state index contributed by atoms with van der Waals surface area (Å²) in [6, 6.07) is 13.6. The zero-order valence-corrected chi connectivity index (χ0v) is 11.6. The molecule has 0 unspecified atom stereocenters. The highest BCUT2D eigenvalue weighted by Crippen LogP contribution is 2.12. The zero-order chi connectivity index (χ0) is 15.2. The molecule has 0 aliphatic heterocycles. The molecular formula is C16H16N2O3. The fraction of sp³-hybridized carbons (Fsp3) is 0.125. The molecule has 2 aromatic rings. The van der Waals surface area contributed by atoms with Crippen LogP contribution in [0.2, 0.25) is 0 Å². The number of primary amides is 1. The molecule has 2 aromatic carbocycles. The number of benzene rings is 2. The predicted octanol–water partition coefficient (Wildman–Crippen LogP) is 2.18. The standard InChI is InChI=1S/C16H16N2O3/c1-21-10-11-2-4-13(5-3-11)16(20)18-14-8-6-12(7-9-14)15(17)19/h2-9H,10H2,1H3,(H2,17,19)(H,18,20). The minimum atomic E-state index is -0.499. The summed E-state index contributed by atoms with van der Waals surface area (Å²) in [6.45, 7) is 0.510. The Kier molecular flexibility index (Phi) is 4.68. The largest absolute Gasteiger partial charge is 0.380 e. The molecule has 2 rings (SSSR count). The first-order chi connectivity index (χ1) is 10.1. The average Bonchev–Trinajstić information content (AvgIpc) is 2.49. The summed E-state index contributed by atoms with van der Waals surface area (Å²) in [7, 11) is 1.62. The van der Waals surface area contributed by atoms with Crippen molar-refractivity contribution < 1.29 is 14.3 Å². The molecule has 0 atom stereocenters. The summed E-state index contributed by atoms with van der Waals surface area (Å²) >= 11 is 0. The van der Waals surface area contributed by atoms with Crippen LogP contribution in [-0.4, -0.2) is 18.9 Å². The van der Waals surface area contributed by atoms with Crippen molar-refractivity contribution in [3.8, 4) is 0 Å². The molecule has 0 aromatic heterocycles. The maximum atomic E-state index is 12.1. The Labute approximate surface area is 122 Å². The first kappa shape index (κ1) is 14.7. The van der Waals surface area contributed by atoms with E-state index in [1.165, 1.54) is 0 Å². The summed E-state index contributed by atoms with van der Waals surface area (Å²) in [5.41, 5.74) is 7.71. The third-order valence-electron chi connectivity index (χ3n) is 2.95. The number of methoxy groups -OCH3 is 1. The fourth-order valence-corrected chi connectivity index (χ4v) is 1.84. The first-order valence-corrected chi connectivity index (χ1v) is 6.39. The van der Waals surface area contributed by atoms with E-state index in [2.05, 4.69) is 5.32 Å². The number of rotatable bonds is 5. The molecule has 2 amide bonds. The normalized spacial score (nSPS) is 10.1. The highest BCUT2D eigenvalue weighted by Gasteiger charge is 2.07. The van der Waals surface area contributed by atoms with Crippen LogP contribution in [0.1, 0.15) is 26.3 Å². The van der Waals surface area contributed by atoms with Crippen molar-refractivity contribution in [2.75, 3.05) is 12.4 Å². The molecule has 0 spiro atoms. The molecule has 5 nitrogen and oxygen atoms in total. The van der Waals surface area contributed by atoms with E-state index in [-0.39, 0.29) is 5.91 Å². The smallest absolute Gasteiger partial charge is 0.255 e. The Morgan fingerprint density at radius 2 is 1.57 bits per heavy atom. The van der Waals surface area contributed by atoms with Gasteiger partial charge in [0.05, 0.1) is 6.61 Å². The van der Waals surface area contributed by atoms with Crippen LogP contribution < -0.4 is 11.1 Å². The van der Waals surface area contributed by atoms with E-state index in [1.54, 1.807) is 43.5 Å². The summed E-state index contributed by atoms with van der Waals surface area (Å²) < 4.78 is 5.02. The van der Waals surface area contributed by atoms with Crippen LogP contribution in [0.25, 0.3) is 0 Å². The van der Waals surface area contributed by atoms with Crippen molar-refractivity contribution in [1.82, 2.24) is 0 Å². The van der Waals surface area contributed by atoms with Crippen LogP contribution in [0.5, 0.6) is 0 Å². The van der Waals surface area contributed by atoms with Crippen molar-refractivity contribution in [3.05, 3.63) is 65.2 Å². The van der Waals surface area contributed by atoms with Gasteiger partial charge in [0, 0.05) is 23.9 Å². The zero-order valence-electron chi connectivity index (χ0n) is 11.6. The number of carbonyl (C=O) groups is 2. The predicted molar refractivity (Wildman–Crippen MR) is 80.1 cm³/mol. The average molecular weight is 284 g/mol. The molecule has 0 heterocycles. The summed E-state index contributed by atoms with van der Waals surface area (Å²) in [4.78, 5) is 23.0. The van der Waals surface area contributed by atoms with E-state index >= 15 is 0 Å². The van der Waals surface area contributed by atoms with Gasteiger partial charge in [-0.15, -0.1) is 0 Å². The van der Waals surface area contributed by atoms with Gasteiger partial charge in [0.25, 0.3) is 5.91 Å². The van der Waals surface area contributed by atoms with Crippen LogP contribution in [0.15, 0.2) is 48.5 Å². The number of nitrogens with one attached hydrogen (secondary N) is 1. The molecule has 0 saturated heterocycles. The second-order valence-corrected chi connectivity index (χ2v) is 4.53. The SMILES string of the molecule is COCc1ccc(C(=O)Nc2ccc(C(N)=O)cc2)cc1. The van der Waals surface area contributed by atoms with E-state index in [9.17, 15) is 9.59 Å². The fourth-order valence-electron chi connectivity index (χ4n) is 1.84. The van der Waals surface area contributed by atoms with Crippen LogP contribution in [0, 0.1) is 0 Å². The molecule has 0 radical (unpaired) electrons. The molecule has 3 N–H and O–H groups in total. The quantitative estimate of drug-likeness (QED) is 0.883. The minimum Gasteiger partial charge on any atom is -0.380 e. The second-order valence-electron chi connectivity index (χ2n) is 4.53. The van der Waals surface area contributed by atoms with Crippen LogP contribution >= 0.6 is 0 Å². The van der Waals surface area contributed by atoms with E-state index < -0.39 is 5.91 Å². The third kappa shape index (κ3) is 3.90. The number of hydrogen-bond acceptors (Lipinski definition) is 3. The molecule has 0 saturated carbocycles. The molecular weight excluding hydrogens is 268 g/mol. The number of hydrogen-bond donors (Lipinski definition) is 2. The van der Waals surface area contributed by atoms with Crippen molar-refractivity contribution in [3.63, 3.8) is 0 Å². The van der Waals surface area contributed by atoms with E-state index in [4.69, 9.17) is 10.5 Å². The summed E-state index contributed by atoms with van der Waals surface area (Å²) in [6.07, 6.45) is 0. The maximum Gasteiger partial charge on any atom is 0.255 e. The van der Waals surface area contributed by atoms with Crippen molar-refractivity contribution in [2.24, 2.45) is 5.73 Å². The third-order valence-corrected chi connectivity index (χ3v) is 2.95. The van der Waals surface area contributed by atoms with Gasteiger partial charge in [0.2, 0.25) is 5.91 Å². The van der Waals surface area contributed by atoms with Crippen molar-refractivity contribution >= 4 is 17.5 Å². The lowest BCUT2D eigenvalue weighted by Gasteiger charge is -2.06. The molecule has 0 aliphatic carbocycles. The Balaban J connectivity index is 2.05. The van der Waals surface area contributed by atoms with Crippen LogP contribution in [0.3, 0.4) is 0 Å². The van der Waals surface area contributed by atoms with Crippen molar-refractivity contribution in [2.45, 2.75) is 6.61 Å². The van der Waals surface area contributed by atoms with Gasteiger partial charge in [0.15, 0.2) is 0 Å². The monoisotopic (exact) mass is 284 g/mol. The lowest BCUT2D eigenvalue weighted by atomic mass is 10.1. The Morgan fingerprint density at radius 1 is 1.00 bits per heavy atom. The van der Waals surface area contributed by atoms with Gasteiger partial charge in [-0.3, -0.25) is 9.59 Å². The number of ether oxygens (including phenoxy) is 1. The Bertz CT molecular complexity index is 634. The molecule has 21 heavy (non-hydrogen) atoms. The number of amides is 2. The molecule has 0 aliphatic rings. The van der Waals surface area contributed by atoms with Gasteiger partial charge in [0.1, 0.15) is 0 Å². The second kappa shape index (κ2) is 6.67. The molecule has 5 heteroatoms. The van der Waals surface area contributed by atoms with Gasteiger partial charge in [-0.1, -0.05) is 12.1 Å². The van der Waals surface area contributed by atoms with Gasteiger partial charge in [-0.2, -0.15) is 0 Å². The lowest BCUT2D eigenvalue weighted by Crippen LogP contribution is -2.13. The van der Waals surface area contributed by atoms with Gasteiger partial charge < -0.3 is 15.8 Å². The summed E-state index contributed by atoms with van der Waals surface area (Å²) in [5.74, 6) is -0.715. The highest BCUT2D eigenvalue weighted by molar-refractivity contribution is 6.04. The number of carbonyl (C=O) groups excluding carboxylic acids is 2. The van der Waals surface area contributed by atoms with Gasteiger partial charge >= 0.3 is 0 Å². The Hall–Kier alpha value is -2.66. The van der Waals surface area contributed by atoms with Gasteiger partial charge in [-0.05, 0) is 42.0 Å².